The minimum atomic E-state index is -3.78. The van der Waals surface area contributed by atoms with Gasteiger partial charge in [0.2, 0.25) is 21.8 Å². The second-order valence-electron chi connectivity index (χ2n) is 7.22. The van der Waals surface area contributed by atoms with E-state index in [-0.39, 0.29) is 18.7 Å². The predicted octanol–water partition coefficient (Wildman–Crippen LogP) is -0.774. The molecule has 2 aliphatic heterocycles. The number of carboxylic acid groups (broad SMARTS) is 2. The first-order valence-corrected chi connectivity index (χ1v) is 11.3. The second kappa shape index (κ2) is 9.53. The fourth-order valence-electron chi connectivity index (χ4n) is 3.77. The molecule has 3 atom stereocenters. The van der Waals surface area contributed by atoms with Crippen molar-refractivity contribution >= 4 is 33.8 Å². The van der Waals surface area contributed by atoms with Crippen molar-refractivity contribution in [2.75, 3.05) is 18.8 Å². The Labute approximate surface area is 169 Å². The van der Waals surface area contributed by atoms with Gasteiger partial charge in [0.1, 0.15) is 18.1 Å². The summed E-state index contributed by atoms with van der Waals surface area (Å²) in [5.41, 5.74) is 0. The van der Waals surface area contributed by atoms with E-state index in [0.717, 1.165) is 0 Å². The topological polar surface area (TPSA) is 161 Å². The normalized spacial score (nSPS) is 23.2. The Bertz CT molecular complexity index is 769. The molecule has 0 aromatic heterocycles. The van der Waals surface area contributed by atoms with Crippen LogP contribution in [-0.2, 0) is 29.2 Å². The van der Waals surface area contributed by atoms with Crippen LogP contribution in [0.5, 0.6) is 0 Å². The molecule has 164 valence electrons. The highest BCUT2D eigenvalue weighted by atomic mass is 32.2. The van der Waals surface area contributed by atoms with Crippen LogP contribution in [0.4, 0.5) is 0 Å². The molecule has 3 N–H and O–H groups in total. The van der Waals surface area contributed by atoms with Crippen LogP contribution in [0.3, 0.4) is 0 Å². The highest BCUT2D eigenvalue weighted by Crippen LogP contribution is 2.26. The maximum atomic E-state index is 13.0. The zero-order chi connectivity index (χ0) is 21.8. The van der Waals surface area contributed by atoms with Crippen molar-refractivity contribution in [2.24, 2.45) is 0 Å². The van der Waals surface area contributed by atoms with Crippen molar-refractivity contribution < 1.29 is 37.8 Å². The molecule has 2 fully saturated rings. The monoisotopic (exact) mass is 433 g/mol. The lowest BCUT2D eigenvalue weighted by molar-refractivity contribution is -0.152. The first-order chi connectivity index (χ1) is 13.6. The van der Waals surface area contributed by atoms with E-state index in [9.17, 15) is 32.7 Å². The van der Waals surface area contributed by atoms with Crippen LogP contribution in [-0.4, -0.2) is 89.2 Å². The van der Waals surface area contributed by atoms with Crippen LogP contribution in [0.1, 0.15) is 45.4 Å². The molecule has 0 radical (unpaired) electrons. The molecule has 2 aliphatic rings. The SMILES string of the molecule is CCS(=O)(=O)N[C@@H](CCC(=O)O)C(=O)N1CCC[C@H]1C(=O)N1CCC[C@H]1C(=O)O. The number of nitrogens with one attached hydrogen (secondary N) is 1. The fraction of sp³-hybridized carbons (Fsp3) is 0.765. The Balaban J connectivity index is 2.19. The summed E-state index contributed by atoms with van der Waals surface area (Å²) in [4.78, 5) is 50.8. The van der Waals surface area contributed by atoms with Crippen LogP contribution in [0.15, 0.2) is 0 Å². The highest BCUT2D eigenvalue weighted by molar-refractivity contribution is 7.89. The minimum absolute atomic E-state index is 0.220. The Morgan fingerprint density at radius 2 is 1.62 bits per heavy atom. The fourth-order valence-corrected chi connectivity index (χ4v) is 4.59. The third-order valence-electron chi connectivity index (χ3n) is 5.29. The van der Waals surface area contributed by atoms with Gasteiger partial charge in [0.25, 0.3) is 0 Å². The zero-order valence-corrected chi connectivity index (χ0v) is 17.1. The van der Waals surface area contributed by atoms with Gasteiger partial charge in [-0.2, -0.15) is 0 Å². The molecule has 29 heavy (non-hydrogen) atoms. The molecule has 2 rings (SSSR count). The van der Waals surface area contributed by atoms with E-state index in [1.54, 1.807) is 0 Å². The molecule has 0 saturated carbocycles. The van der Waals surface area contributed by atoms with E-state index < -0.39 is 58.3 Å². The van der Waals surface area contributed by atoms with Gasteiger partial charge in [0.05, 0.1) is 5.75 Å². The molecule has 0 aromatic rings. The number of rotatable bonds is 9. The van der Waals surface area contributed by atoms with Gasteiger partial charge in [0, 0.05) is 19.5 Å². The smallest absolute Gasteiger partial charge is 0.326 e. The lowest BCUT2D eigenvalue weighted by atomic mass is 10.1. The van der Waals surface area contributed by atoms with Gasteiger partial charge in [-0.25, -0.2) is 17.9 Å². The van der Waals surface area contributed by atoms with Crippen molar-refractivity contribution in [2.45, 2.75) is 63.6 Å². The number of carboxylic acids is 2. The van der Waals surface area contributed by atoms with Gasteiger partial charge in [-0.05, 0) is 39.0 Å². The number of hydrogen-bond acceptors (Lipinski definition) is 6. The Hall–Kier alpha value is -2.21. The van der Waals surface area contributed by atoms with Crippen molar-refractivity contribution in [3.05, 3.63) is 0 Å². The van der Waals surface area contributed by atoms with Crippen LogP contribution >= 0.6 is 0 Å². The molecular formula is C17H27N3O8S. The van der Waals surface area contributed by atoms with Gasteiger partial charge >= 0.3 is 11.9 Å². The third-order valence-corrected chi connectivity index (χ3v) is 6.69. The summed E-state index contributed by atoms with van der Waals surface area (Å²) < 4.78 is 26.1. The summed E-state index contributed by atoms with van der Waals surface area (Å²) >= 11 is 0. The van der Waals surface area contributed by atoms with E-state index in [0.29, 0.717) is 32.2 Å². The Morgan fingerprint density at radius 3 is 2.17 bits per heavy atom. The number of aliphatic carboxylic acids is 2. The number of likely N-dealkylation sites (tertiary alicyclic amines) is 2. The van der Waals surface area contributed by atoms with Crippen LogP contribution in [0.2, 0.25) is 0 Å². The molecule has 0 unspecified atom stereocenters. The molecule has 2 heterocycles. The molecule has 2 saturated heterocycles. The van der Waals surface area contributed by atoms with Crippen molar-refractivity contribution in [3.8, 4) is 0 Å². The first kappa shape index (κ1) is 23.1. The van der Waals surface area contributed by atoms with E-state index in [1.165, 1.54) is 16.7 Å². The van der Waals surface area contributed by atoms with Gasteiger partial charge < -0.3 is 20.0 Å². The molecule has 0 bridgehead atoms. The summed E-state index contributed by atoms with van der Waals surface area (Å²) in [6, 6.07) is -3.10. The molecular weight excluding hydrogens is 406 g/mol. The van der Waals surface area contributed by atoms with Gasteiger partial charge in [-0.1, -0.05) is 0 Å². The standard InChI is InChI=1S/C17H27N3O8S/c1-2-29(27,28)18-11(7-8-14(21)22)15(23)19-9-3-5-12(19)16(24)20-10-4-6-13(20)17(25)26/h11-13,18H,2-10H2,1H3,(H,21,22)(H,25,26)/t11-,12-,13-/m0/s1. The van der Waals surface area contributed by atoms with E-state index in [4.69, 9.17) is 5.11 Å². The maximum absolute atomic E-state index is 13.0. The summed E-state index contributed by atoms with van der Waals surface area (Å²) in [7, 11) is -3.78. The third kappa shape index (κ3) is 5.66. The summed E-state index contributed by atoms with van der Waals surface area (Å²) in [6.45, 7) is 1.90. The number of amides is 2. The molecule has 0 aromatic carbocycles. The number of nitrogens with zero attached hydrogens (tertiary/aromatic N) is 2. The van der Waals surface area contributed by atoms with Gasteiger partial charge in [-0.15, -0.1) is 0 Å². The highest BCUT2D eigenvalue weighted by Gasteiger charge is 2.43. The average Bonchev–Trinajstić information content (AvgIpc) is 3.33. The van der Waals surface area contributed by atoms with Crippen LogP contribution in [0.25, 0.3) is 0 Å². The maximum Gasteiger partial charge on any atom is 0.326 e. The summed E-state index contributed by atoms with van der Waals surface area (Å²) in [5.74, 6) is -3.67. The first-order valence-electron chi connectivity index (χ1n) is 9.63. The van der Waals surface area contributed by atoms with E-state index >= 15 is 0 Å². The van der Waals surface area contributed by atoms with Gasteiger partial charge in [-0.3, -0.25) is 14.4 Å². The number of carbonyl (C=O) groups excluding carboxylic acids is 2. The van der Waals surface area contributed by atoms with Crippen molar-refractivity contribution in [3.63, 3.8) is 0 Å². The zero-order valence-electron chi connectivity index (χ0n) is 16.2. The molecule has 0 aliphatic carbocycles. The number of carbonyl (C=O) groups is 4. The number of hydrogen-bond donors (Lipinski definition) is 3. The largest absolute Gasteiger partial charge is 0.481 e. The number of sulfonamides is 1. The molecule has 0 spiro atoms. The quantitative estimate of drug-likeness (QED) is 0.427. The lowest BCUT2D eigenvalue weighted by Gasteiger charge is -2.32. The van der Waals surface area contributed by atoms with Crippen molar-refractivity contribution in [1.82, 2.24) is 14.5 Å². The summed E-state index contributed by atoms with van der Waals surface area (Å²) in [5, 5.41) is 18.2. The summed E-state index contributed by atoms with van der Waals surface area (Å²) in [6.07, 6.45) is 1.11. The lowest BCUT2D eigenvalue weighted by Crippen LogP contribution is -2.55. The molecule has 2 amide bonds. The molecule has 11 nitrogen and oxygen atoms in total. The Kier molecular flexibility index (Phi) is 7.58. The average molecular weight is 433 g/mol. The molecule has 12 heteroatoms. The minimum Gasteiger partial charge on any atom is -0.481 e. The predicted molar refractivity (Wildman–Crippen MR) is 100 cm³/mol. The van der Waals surface area contributed by atoms with E-state index in [2.05, 4.69) is 4.72 Å². The second-order valence-corrected chi connectivity index (χ2v) is 9.27. The van der Waals surface area contributed by atoms with Gasteiger partial charge in [0.15, 0.2) is 0 Å². The van der Waals surface area contributed by atoms with Crippen LogP contribution in [0, 0.1) is 0 Å². The van der Waals surface area contributed by atoms with Crippen LogP contribution < -0.4 is 4.72 Å². The van der Waals surface area contributed by atoms with E-state index in [1.807, 2.05) is 0 Å². The van der Waals surface area contributed by atoms with Crippen molar-refractivity contribution in [1.29, 1.82) is 0 Å². The Morgan fingerprint density at radius 1 is 1.03 bits per heavy atom.